The van der Waals surface area contributed by atoms with E-state index in [2.05, 4.69) is 41.1 Å². The van der Waals surface area contributed by atoms with Crippen molar-refractivity contribution in [1.82, 2.24) is 4.90 Å². The lowest BCUT2D eigenvalue weighted by molar-refractivity contribution is -0.366. The molecule has 0 saturated heterocycles. The molecule has 0 heterocycles. The van der Waals surface area contributed by atoms with Gasteiger partial charge in [-0.2, -0.15) is 0 Å². The van der Waals surface area contributed by atoms with Crippen LogP contribution in [0.4, 0.5) is 5.69 Å². The largest absolute Gasteiger partial charge is 0.498 e. The highest BCUT2D eigenvalue weighted by molar-refractivity contribution is 5.56. The van der Waals surface area contributed by atoms with E-state index in [4.69, 9.17) is 9.47 Å². The van der Waals surface area contributed by atoms with Gasteiger partial charge in [0.1, 0.15) is 5.75 Å². The normalized spacial score (nSPS) is 13.9. The Morgan fingerprint density at radius 3 is 2.68 bits per heavy atom. The van der Waals surface area contributed by atoms with Gasteiger partial charge in [-0.1, -0.05) is 30.7 Å². The molecule has 0 spiro atoms. The van der Waals surface area contributed by atoms with Gasteiger partial charge in [-0.05, 0) is 50.6 Å². The van der Waals surface area contributed by atoms with Gasteiger partial charge in [-0.3, -0.25) is 0 Å². The van der Waals surface area contributed by atoms with Gasteiger partial charge in [0.2, 0.25) is 0 Å². The Bertz CT molecular complexity index is 628. The Labute approximate surface area is 170 Å². The second-order valence-electron chi connectivity index (χ2n) is 7.18. The maximum atomic E-state index is 5.95. The highest BCUT2D eigenvalue weighted by Gasteiger charge is 2.08. The number of allylic oxidation sites excluding steroid dienone is 3. The van der Waals surface area contributed by atoms with Crippen molar-refractivity contribution in [2.45, 2.75) is 39.0 Å². The number of methoxy groups -OCH3 is 1. The number of anilines is 1. The third-order valence-corrected chi connectivity index (χ3v) is 5.15. The van der Waals surface area contributed by atoms with Crippen LogP contribution in [0.1, 0.15) is 39.0 Å². The number of quaternary nitrogens is 1. The first kappa shape index (κ1) is 22.3. The first-order valence-electron chi connectivity index (χ1n) is 10.7. The van der Waals surface area contributed by atoms with Crippen LogP contribution in [-0.4, -0.2) is 51.3 Å². The van der Waals surface area contributed by atoms with Crippen molar-refractivity contribution in [1.29, 1.82) is 0 Å². The van der Waals surface area contributed by atoms with Gasteiger partial charge in [-0.15, -0.1) is 0 Å². The van der Waals surface area contributed by atoms with Gasteiger partial charge in [0.05, 0.1) is 31.7 Å². The third-order valence-electron chi connectivity index (χ3n) is 5.15. The lowest BCUT2D eigenvalue weighted by atomic mass is 10.0. The maximum Gasteiger partial charge on any atom is 0.141 e. The van der Waals surface area contributed by atoms with Crippen LogP contribution in [-0.2, 0) is 4.74 Å². The fourth-order valence-corrected chi connectivity index (χ4v) is 3.43. The molecule has 28 heavy (non-hydrogen) atoms. The molecule has 0 bridgehead atoms. The molecule has 0 atom stereocenters. The standard InChI is InChI=1S/C23H37N3O2/c1-3-26(18-16-25-22-8-4-5-9-23(22)27-2)17-6-7-19-28-21-12-10-20(11-13-21)14-15-24/h4-5,8-10,12,25H,3,6-7,11,13-19,24H2,1-2H3/p+1. The smallest absolute Gasteiger partial charge is 0.141 e. The molecular weight excluding hydrogens is 350 g/mol. The monoisotopic (exact) mass is 388 g/mol. The third kappa shape index (κ3) is 7.95. The van der Waals surface area contributed by atoms with E-state index in [-0.39, 0.29) is 0 Å². The first-order chi connectivity index (χ1) is 13.8. The van der Waals surface area contributed by atoms with Crippen LogP contribution < -0.4 is 15.8 Å². The number of rotatable bonds is 14. The summed E-state index contributed by atoms with van der Waals surface area (Å²) in [7, 11) is 1.71. The molecule has 0 unspecified atom stereocenters. The molecule has 2 rings (SSSR count). The zero-order chi connectivity index (χ0) is 20.0. The number of para-hydroxylation sites is 2. The van der Waals surface area contributed by atoms with Gasteiger partial charge in [-0.25, -0.2) is 0 Å². The second-order valence-corrected chi connectivity index (χ2v) is 7.18. The molecule has 156 valence electrons. The number of nitrogens with one attached hydrogen (secondary N) is 1. The van der Waals surface area contributed by atoms with E-state index in [1.807, 2.05) is 18.2 Å². The highest BCUT2D eigenvalue weighted by Crippen LogP contribution is 2.23. The molecule has 5 heteroatoms. The van der Waals surface area contributed by atoms with Crippen molar-refractivity contribution in [2.75, 3.05) is 51.8 Å². The van der Waals surface area contributed by atoms with Crippen molar-refractivity contribution in [3.63, 3.8) is 0 Å². The summed E-state index contributed by atoms with van der Waals surface area (Å²) in [4.78, 5) is 2.48. The number of hydrogen-bond donors (Lipinski definition) is 2. The summed E-state index contributed by atoms with van der Waals surface area (Å²) in [6, 6.07) is 8.07. The summed E-state index contributed by atoms with van der Waals surface area (Å²) >= 11 is 0. The Morgan fingerprint density at radius 1 is 1.11 bits per heavy atom. The van der Waals surface area contributed by atoms with Crippen LogP contribution in [0, 0.1) is 0 Å². The summed E-state index contributed by atoms with van der Waals surface area (Å²) in [6.07, 6.45) is 9.92. The topological polar surface area (TPSA) is 61.4 Å². The average Bonchev–Trinajstić information content (AvgIpc) is 2.74. The van der Waals surface area contributed by atoms with E-state index in [1.165, 1.54) is 12.0 Å². The van der Waals surface area contributed by atoms with Crippen LogP contribution >= 0.6 is 0 Å². The zero-order valence-corrected chi connectivity index (χ0v) is 17.7. The Balaban J connectivity index is 1.58. The summed E-state index contributed by atoms with van der Waals surface area (Å²) < 4.78 is 11.3. The quantitative estimate of drug-likeness (QED) is 0.479. The minimum atomic E-state index is 0.821. The molecule has 0 amide bonds. The molecule has 1 aromatic rings. The molecule has 0 fully saturated rings. The van der Waals surface area contributed by atoms with Gasteiger partial charge < -0.3 is 25.4 Å². The van der Waals surface area contributed by atoms with E-state index < -0.39 is 0 Å². The fourth-order valence-electron chi connectivity index (χ4n) is 3.43. The number of ether oxygens (including phenoxy) is 2. The molecule has 0 saturated carbocycles. The lowest BCUT2D eigenvalue weighted by Crippen LogP contribution is -2.50. The van der Waals surface area contributed by atoms with Crippen molar-refractivity contribution < 1.29 is 15.2 Å². The molecular formula is C23H38N3O2+. The fraction of sp³-hybridized carbons (Fsp3) is 0.565. The van der Waals surface area contributed by atoms with Crippen LogP contribution in [0.5, 0.6) is 5.75 Å². The molecule has 1 aliphatic carbocycles. The Kier molecular flexibility index (Phi) is 10.5. The van der Waals surface area contributed by atoms with Crippen LogP contribution in [0.25, 0.3) is 0 Å². The van der Waals surface area contributed by atoms with Crippen molar-refractivity contribution in [3.8, 4) is 5.75 Å². The zero-order valence-electron chi connectivity index (χ0n) is 17.7. The summed E-state index contributed by atoms with van der Waals surface area (Å²) in [6.45, 7) is 8.15. The SMILES string of the molecule is CCN(CCCCOC1=CC=C(CC[NH3+])CC1)CCNc1ccccc1OC. The maximum absolute atomic E-state index is 5.95. The van der Waals surface area contributed by atoms with Crippen molar-refractivity contribution in [2.24, 2.45) is 0 Å². The Hall–Kier alpha value is -1.98. The highest BCUT2D eigenvalue weighted by atomic mass is 16.5. The lowest BCUT2D eigenvalue weighted by Gasteiger charge is -2.21. The molecule has 0 aliphatic heterocycles. The van der Waals surface area contributed by atoms with Crippen molar-refractivity contribution in [3.05, 3.63) is 47.7 Å². The van der Waals surface area contributed by atoms with Gasteiger partial charge in [0, 0.05) is 25.9 Å². The van der Waals surface area contributed by atoms with E-state index >= 15 is 0 Å². The molecule has 1 aliphatic rings. The molecule has 4 N–H and O–H groups in total. The first-order valence-corrected chi connectivity index (χ1v) is 10.7. The predicted octanol–water partition coefficient (Wildman–Crippen LogP) is 3.46. The molecule has 0 radical (unpaired) electrons. The number of likely N-dealkylation sites (N-methyl/N-ethyl adjacent to an activating group) is 1. The number of benzene rings is 1. The van der Waals surface area contributed by atoms with E-state index in [0.29, 0.717) is 0 Å². The van der Waals surface area contributed by atoms with Crippen molar-refractivity contribution >= 4 is 5.69 Å². The van der Waals surface area contributed by atoms with Crippen LogP contribution in [0.2, 0.25) is 0 Å². The minimum Gasteiger partial charge on any atom is -0.498 e. The van der Waals surface area contributed by atoms with Crippen LogP contribution in [0.3, 0.4) is 0 Å². The number of unbranched alkanes of at least 4 members (excludes halogenated alkanes) is 1. The summed E-state index contributed by atoms with van der Waals surface area (Å²) in [5.41, 5.74) is 6.49. The van der Waals surface area contributed by atoms with Gasteiger partial charge >= 0.3 is 0 Å². The minimum absolute atomic E-state index is 0.821. The average molecular weight is 389 g/mol. The number of nitrogens with zero attached hydrogens (tertiary/aromatic N) is 1. The van der Waals surface area contributed by atoms with Gasteiger partial charge in [0.15, 0.2) is 0 Å². The summed E-state index contributed by atoms with van der Waals surface area (Å²) in [5, 5.41) is 3.48. The summed E-state index contributed by atoms with van der Waals surface area (Å²) in [5.74, 6) is 2.04. The van der Waals surface area contributed by atoms with E-state index in [1.54, 1.807) is 7.11 Å². The molecule has 0 aromatic heterocycles. The number of hydrogen-bond acceptors (Lipinski definition) is 4. The second kappa shape index (κ2) is 13.2. The van der Waals surface area contributed by atoms with Gasteiger partial charge in [0.25, 0.3) is 0 Å². The van der Waals surface area contributed by atoms with E-state index in [9.17, 15) is 0 Å². The van der Waals surface area contributed by atoms with Crippen LogP contribution in [0.15, 0.2) is 47.7 Å². The molecule has 5 nitrogen and oxygen atoms in total. The Morgan fingerprint density at radius 2 is 1.96 bits per heavy atom. The van der Waals surface area contributed by atoms with E-state index in [0.717, 1.165) is 82.2 Å². The molecule has 1 aromatic carbocycles. The predicted molar refractivity (Wildman–Crippen MR) is 117 cm³/mol.